The third-order valence-corrected chi connectivity index (χ3v) is 2.85. The summed E-state index contributed by atoms with van der Waals surface area (Å²) in [6.45, 7) is 0.715. The first-order valence-corrected chi connectivity index (χ1v) is 6.43. The normalized spacial score (nSPS) is 11.0. The van der Waals surface area contributed by atoms with Gasteiger partial charge in [-0.05, 0) is 17.7 Å². The van der Waals surface area contributed by atoms with Crippen LogP contribution in [0.2, 0.25) is 0 Å². The summed E-state index contributed by atoms with van der Waals surface area (Å²) >= 11 is 0. The summed E-state index contributed by atoms with van der Waals surface area (Å²) in [6, 6.07) is 20.0. The zero-order valence-electron chi connectivity index (χ0n) is 10.9. The molecule has 0 atom stereocenters. The molecule has 98 valence electrons. The van der Waals surface area contributed by atoms with Gasteiger partial charge in [0.05, 0.1) is 24.6 Å². The molecule has 0 unspecified atom stereocenters. The molecule has 4 nitrogen and oxygen atoms in total. The predicted molar refractivity (Wildman–Crippen MR) is 79.3 cm³/mol. The van der Waals surface area contributed by atoms with E-state index in [1.165, 1.54) is 5.56 Å². The smallest absolute Gasteiger partial charge is 0.124 e. The first-order chi connectivity index (χ1) is 9.90. The van der Waals surface area contributed by atoms with E-state index < -0.39 is 0 Å². The van der Waals surface area contributed by atoms with E-state index in [0.717, 1.165) is 11.4 Å². The van der Waals surface area contributed by atoms with Crippen molar-refractivity contribution in [2.24, 2.45) is 4.99 Å². The third-order valence-electron chi connectivity index (χ3n) is 2.85. The molecule has 3 rings (SSSR count). The average molecular weight is 262 g/mol. The van der Waals surface area contributed by atoms with Gasteiger partial charge in [-0.1, -0.05) is 53.7 Å². The number of hydrogen-bond acceptors (Lipinski definition) is 3. The van der Waals surface area contributed by atoms with Crippen LogP contribution in [-0.2, 0) is 6.54 Å². The number of para-hydroxylation sites is 1. The van der Waals surface area contributed by atoms with Crippen molar-refractivity contribution < 1.29 is 0 Å². The van der Waals surface area contributed by atoms with Crippen LogP contribution in [0.15, 0.2) is 71.9 Å². The second-order valence-electron chi connectivity index (χ2n) is 4.42. The van der Waals surface area contributed by atoms with Crippen LogP contribution in [0.5, 0.6) is 0 Å². The molecule has 1 aromatic heterocycles. The molecule has 1 heterocycles. The largest absolute Gasteiger partial charge is 0.255 e. The molecule has 0 amide bonds. The minimum atomic E-state index is 0.715. The minimum absolute atomic E-state index is 0.715. The van der Waals surface area contributed by atoms with Crippen molar-refractivity contribution >= 4 is 11.9 Å². The molecule has 4 heteroatoms. The second-order valence-corrected chi connectivity index (χ2v) is 4.42. The maximum atomic E-state index is 4.36. The van der Waals surface area contributed by atoms with Gasteiger partial charge in [-0.15, -0.1) is 5.10 Å². The van der Waals surface area contributed by atoms with Crippen LogP contribution in [0.25, 0.3) is 0 Å². The van der Waals surface area contributed by atoms with Crippen LogP contribution in [0.1, 0.15) is 11.3 Å². The lowest BCUT2D eigenvalue weighted by Gasteiger charge is -1.98. The van der Waals surface area contributed by atoms with Crippen LogP contribution in [0, 0.1) is 0 Å². The Labute approximate surface area is 117 Å². The van der Waals surface area contributed by atoms with Crippen LogP contribution in [-0.4, -0.2) is 21.2 Å². The zero-order chi connectivity index (χ0) is 13.6. The van der Waals surface area contributed by atoms with Crippen LogP contribution >= 0.6 is 0 Å². The van der Waals surface area contributed by atoms with Crippen molar-refractivity contribution in [1.82, 2.24) is 15.0 Å². The first-order valence-electron chi connectivity index (χ1n) is 6.43. The molecule has 0 spiro atoms. The number of benzene rings is 2. The van der Waals surface area contributed by atoms with Gasteiger partial charge in [-0.25, -0.2) is 4.68 Å². The van der Waals surface area contributed by atoms with Gasteiger partial charge >= 0.3 is 0 Å². The minimum Gasteiger partial charge on any atom is -0.255 e. The number of aliphatic imine (C=N–C) groups is 1. The van der Waals surface area contributed by atoms with Crippen molar-refractivity contribution in [3.8, 4) is 0 Å². The Hall–Kier alpha value is -2.75. The number of rotatable bonds is 4. The highest BCUT2D eigenvalue weighted by molar-refractivity contribution is 5.78. The van der Waals surface area contributed by atoms with Gasteiger partial charge < -0.3 is 0 Å². The van der Waals surface area contributed by atoms with E-state index in [-0.39, 0.29) is 0 Å². The maximum absolute atomic E-state index is 4.36. The van der Waals surface area contributed by atoms with E-state index >= 15 is 0 Å². The Balaban J connectivity index is 1.70. The molecule has 0 bridgehead atoms. The van der Waals surface area contributed by atoms with Crippen LogP contribution < -0.4 is 0 Å². The SMILES string of the molecule is C(=Nc1ccccc1)c1cn(Cc2ccccc2)nn1. The van der Waals surface area contributed by atoms with E-state index in [4.69, 9.17) is 0 Å². The summed E-state index contributed by atoms with van der Waals surface area (Å²) in [5.74, 6) is 0. The lowest BCUT2D eigenvalue weighted by Crippen LogP contribution is -1.99. The molecule has 3 aromatic rings. The lowest BCUT2D eigenvalue weighted by molar-refractivity contribution is 0.649. The van der Waals surface area contributed by atoms with Crippen LogP contribution in [0.4, 0.5) is 5.69 Å². The monoisotopic (exact) mass is 262 g/mol. The zero-order valence-corrected chi connectivity index (χ0v) is 10.9. The van der Waals surface area contributed by atoms with Gasteiger partial charge in [-0.3, -0.25) is 4.99 Å². The Kier molecular flexibility index (Phi) is 3.64. The molecule has 20 heavy (non-hydrogen) atoms. The van der Waals surface area contributed by atoms with Crippen molar-refractivity contribution in [2.75, 3.05) is 0 Å². The molecular weight excluding hydrogens is 248 g/mol. The van der Waals surface area contributed by atoms with Crippen LogP contribution in [0.3, 0.4) is 0 Å². The number of hydrogen-bond donors (Lipinski definition) is 0. The Morgan fingerprint density at radius 1 is 0.950 bits per heavy atom. The third kappa shape index (κ3) is 3.17. The van der Waals surface area contributed by atoms with Gasteiger partial charge in [0, 0.05) is 0 Å². The van der Waals surface area contributed by atoms with E-state index in [9.17, 15) is 0 Å². The molecule has 0 aliphatic heterocycles. The Morgan fingerprint density at radius 3 is 2.40 bits per heavy atom. The standard InChI is InChI=1S/C16H14N4/c1-3-7-14(8-4-1)12-20-13-16(18-19-20)11-17-15-9-5-2-6-10-15/h1-11,13H,12H2. The molecule has 0 saturated heterocycles. The van der Waals surface area contributed by atoms with Gasteiger partial charge in [0.2, 0.25) is 0 Å². The van der Waals surface area contributed by atoms with Gasteiger partial charge in [-0.2, -0.15) is 0 Å². The van der Waals surface area contributed by atoms with Gasteiger partial charge in [0.25, 0.3) is 0 Å². The van der Waals surface area contributed by atoms with E-state index in [0.29, 0.717) is 6.54 Å². The van der Waals surface area contributed by atoms with Crippen molar-refractivity contribution in [2.45, 2.75) is 6.54 Å². The van der Waals surface area contributed by atoms with E-state index in [1.54, 1.807) is 6.21 Å². The van der Waals surface area contributed by atoms with Crippen molar-refractivity contribution in [1.29, 1.82) is 0 Å². The molecule has 0 fully saturated rings. The fourth-order valence-electron chi connectivity index (χ4n) is 1.88. The fraction of sp³-hybridized carbons (Fsp3) is 0.0625. The summed E-state index contributed by atoms with van der Waals surface area (Å²) in [5, 5.41) is 8.19. The summed E-state index contributed by atoms with van der Waals surface area (Å²) in [7, 11) is 0. The first kappa shape index (κ1) is 12.3. The molecule has 0 saturated carbocycles. The molecule has 0 aliphatic rings. The van der Waals surface area contributed by atoms with Crippen molar-refractivity contribution in [3.63, 3.8) is 0 Å². The summed E-state index contributed by atoms with van der Waals surface area (Å²) < 4.78 is 1.81. The van der Waals surface area contributed by atoms with Crippen molar-refractivity contribution in [3.05, 3.63) is 78.1 Å². The highest BCUT2D eigenvalue weighted by Crippen LogP contribution is 2.09. The highest BCUT2D eigenvalue weighted by atomic mass is 15.4. The summed E-state index contributed by atoms with van der Waals surface area (Å²) in [5.41, 5.74) is 2.86. The van der Waals surface area contributed by atoms with Gasteiger partial charge in [0.1, 0.15) is 5.69 Å². The average Bonchev–Trinajstić information content (AvgIpc) is 2.95. The Bertz CT molecular complexity index is 687. The van der Waals surface area contributed by atoms with E-state index in [2.05, 4.69) is 27.4 Å². The highest BCUT2D eigenvalue weighted by Gasteiger charge is 1.99. The summed E-state index contributed by atoms with van der Waals surface area (Å²) in [4.78, 5) is 4.36. The molecule has 0 radical (unpaired) electrons. The quantitative estimate of drug-likeness (QED) is 0.678. The number of nitrogens with zero attached hydrogens (tertiary/aromatic N) is 4. The maximum Gasteiger partial charge on any atom is 0.124 e. The number of aromatic nitrogens is 3. The molecule has 2 aromatic carbocycles. The second kappa shape index (κ2) is 5.93. The topological polar surface area (TPSA) is 43.1 Å². The predicted octanol–water partition coefficient (Wildman–Crippen LogP) is 3.08. The fourth-order valence-corrected chi connectivity index (χ4v) is 1.88. The summed E-state index contributed by atoms with van der Waals surface area (Å²) in [6.07, 6.45) is 3.61. The Morgan fingerprint density at radius 2 is 1.65 bits per heavy atom. The molecular formula is C16H14N4. The van der Waals surface area contributed by atoms with Gasteiger partial charge in [0.15, 0.2) is 0 Å². The van der Waals surface area contributed by atoms with E-state index in [1.807, 2.05) is 59.4 Å². The molecule has 0 aliphatic carbocycles. The lowest BCUT2D eigenvalue weighted by atomic mass is 10.2. The molecule has 0 N–H and O–H groups in total.